The fourth-order valence-electron chi connectivity index (χ4n) is 0.202. The molecule has 0 fully saturated rings. The molecule has 0 aliphatic carbocycles. The number of rotatable bonds is 3. The third-order valence-corrected chi connectivity index (χ3v) is 3.09. The fourth-order valence-corrected chi connectivity index (χ4v) is 3.81. The van der Waals surface area contributed by atoms with E-state index in [-0.39, 0.29) is 0 Å². The van der Waals surface area contributed by atoms with E-state index in [2.05, 4.69) is 0 Å². The van der Waals surface area contributed by atoms with Gasteiger partial charge in [0.05, 0.1) is 0 Å². The van der Waals surface area contributed by atoms with Crippen LogP contribution in [0.4, 0.5) is 4.79 Å². The fraction of sp³-hybridized carbons (Fsp3) is 0. The molecule has 4 heteroatoms. The van der Waals surface area contributed by atoms with Crippen LogP contribution in [0.1, 0.15) is 0 Å². The van der Waals surface area contributed by atoms with E-state index in [1.54, 1.807) is 0 Å². The molecule has 2 nitrogen and oxygen atoms in total. The number of hydrogen-bond acceptors (Lipinski definition) is 1. The van der Waals surface area contributed by atoms with Gasteiger partial charge in [-0.05, 0) is 0 Å². The quantitative estimate of drug-likeness (QED) is 0.787. The summed E-state index contributed by atoms with van der Waals surface area (Å²) in [5.74, 6) is 0. The van der Waals surface area contributed by atoms with Crippen LogP contribution in [-0.4, -0.2) is 59.4 Å². The molecule has 0 aliphatic heterocycles. The molecule has 0 bridgehead atoms. The Morgan fingerprint density at radius 1 is 1.75 bits per heavy atom. The van der Waals surface area contributed by atoms with Crippen molar-refractivity contribution in [3.05, 3.63) is 9.91 Å². The zero-order chi connectivity index (χ0) is 6.41. The Balaban J connectivity index is 3.29. The van der Waals surface area contributed by atoms with E-state index in [9.17, 15) is 4.79 Å². The van der Waals surface area contributed by atoms with Crippen LogP contribution in [0.25, 0.3) is 0 Å². The number of carbonyl (C=O) groups is 1. The molecule has 0 aromatic carbocycles. The van der Waals surface area contributed by atoms with Gasteiger partial charge >= 0.3 is 74.1 Å². The predicted octanol–water partition coefficient (Wildman–Crippen LogP) is -0.147. The van der Waals surface area contributed by atoms with E-state index in [0.29, 0.717) is 0 Å². The van der Waals surface area contributed by atoms with Crippen molar-refractivity contribution in [2.24, 2.45) is 0 Å². The molecule has 8 heavy (non-hydrogen) atoms. The topological polar surface area (TPSA) is 37.3 Å². The van der Waals surface area contributed by atoms with Gasteiger partial charge in [-0.15, -0.1) is 0 Å². The molecule has 0 saturated heterocycles. The summed E-state index contributed by atoms with van der Waals surface area (Å²) >= 11 is -0.256. The molecule has 0 heterocycles. The Bertz CT molecular complexity index is 119. The molecule has 0 aromatic heterocycles. The van der Waals surface area contributed by atoms with Crippen molar-refractivity contribution in [2.75, 3.05) is 0 Å². The molecule has 0 aliphatic rings. The van der Waals surface area contributed by atoms with E-state index in [1.807, 2.05) is 13.7 Å². The van der Waals surface area contributed by atoms with Gasteiger partial charge in [-0.3, -0.25) is 0 Å². The van der Waals surface area contributed by atoms with Gasteiger partial charge in [-0.25, -0.2) is 0 Å². The first-order valence-corrected chi connectivity index (χ1v) is 7.50. The van der Waals surface area contributed by atoms with E-state index < -0.39 is 26.6 Å². The Kier molecular flexibility index (Phi) is 6.56. The van der Waals surface area contributed by atoms with Gasteiger partial charge in [0.15, 0.2) is 0 Å². The van der Waals surface area contributed by atoms with Gasteiger partial charge < -0.3 is 0 Å². The van der Waals surface area contributed by atoms with Crippen LogP contribution >= 0.6 is 0 Å². The van der Waals surface area contributed by atoms with Crippen LogP contribution in [0.2, 0.25) is 0 Å². The SMILES string of the molecule is O=[C](O)[In]/[CH]=C\[CH]=[In]. The van der Waals surface area contributed by atoms with E-state index >= 15 is 0 Å². The molecule has 0 saturated carbocycles. The zero-order valence-corrected chi connectivity index (χ0v) is 10.8. The van der Waals surface area contributed by atoms with Crippen molar-refractivity contribution in [2.45, 2.75) is 0 Å². The summed E-state index contributed by atoms with van der Waals surface area (Å²) in [5, 5.41) is 8.17. The summed E-state index contributed by atoms with van der Waals surface area (Å²) in [7, 11) is 0. The maximum absolute atomic E-state index is 9.90. The van der Waals surface area contributed by atoms with Crippen molar-refractivity contribution in [3.63, 3.8) is 0 Å². The van der Waals surface area contributed by atoms with Crippen molar-refractivity contribution >= 4 is 54.3 Å². The molecular weight excluding hydrogens is 310 g/mol. The first kappa shape index (κ1) is 8.82. The Labute approximate surface area is 73.4 Å². The van der Waals surface area contributed by atoms with Crippen LogP contribution in [0, 0.1) is 0 Å². The Morgan fingerprint density at radius 3 is 2.75 bits per heavy atom. The first-order chi connectivity index (χ1) is 3.77. The van der Waals surface area contributed by atoms with Crippen LogP contribution in [0.5, 0.6) is 0 Å². The van der Waals surface area contributed by atoms with Crippen molar-refractivity contribution < 1.29 is 9.90 Å². The van der Waals surface area contributed by atoms with Crippen molar-refractivity contribution in [3.8, 4) is 0 Å². The normalized spacial score (nSPS) is 8.88. The molecular formula is C4H4In2O2. The second kappa shape index (κ2) is 5.95. The summed E-state index contributed by atoms with van der Waals surface area (Å²) in [4.78, 5) is 9.90. The monoisotopic (exact) mass is 314 g/mol. The molecule has 0 spiro atoms. The third-order valence-electron chi connectivity index (χ3n) is 0.461. The Hall–Kier alpha value is 0.820. The summed E-state index contributed by atoms with van der Waals surface area (Å²) < 4.78 is 3.21. The summed E-state index contributed by atoms with van der Waals surface area (Å²) in [6, 6.07) is 0. The van der Waals surface area contributed by atoms with Crippen LogP contribution < -0.4 is 0 Å². The van der Waals surface area contributed by atoms with Gasteiger partial charge in [-0.1, -0.05) is 0 Å². The standard InChI is InChI=1S/C3H3.CHO2.2In/c1-3-2;2-1-3;;/h1-3H;(H,2,3);;. The third kappa shape index (κ3) is 6.82. The second-order valence-corrected chi connectivity index (χ2v) is 5.64. The minimum atomic E-state index is -1.34. The molecule has 0 unspecified atom stereocenters. The van der Waals surface area contributed by atoms with Gasteiger partial charge in [0.25, 0.3) is 0 Å². The molecule has 0 atom stereocenters. The second-order valence-electron chi connectivity index (χ2n) is 1.08. The number of carboxylic acid groups (broad SMARTS) is 1. The predicted molar refractivity (Wildman–Crippen MR) is 34.7 cm³/mol. The maximum atomic E-state index is 9.90. The van der Waals surface area contributed by atoms with Crippen molar-refractivity contribution in [1.29, 1.82) is 0 Å². The average Bonchev–Trinajstić information content (AvgIpc) is 1.66. The minimum absolute atomic E-state index is 0.584. The van der Waals surface area contributed by atoms with E-state index in [0.717, 1.165) is 23.9 Å². The molecule has 1 N–H and O–H groups in total. The van der Waals surface area contributed by atoms with Crippen LogP contribution in [0.3, 0.4) is 0 Å². The van der Waals surface area contributed by atoms with Gasteiger partial charge in [0.2, 0.25) is 0 Å². The van der Waals surface area contributed by atoms with Crippen LogP contribution in [-0.2, 0) is 0 Å². The van der Waals surface area contributed by atoms with Gasteiger partial charge in [0, 0.05) is 0 Å². The van der Waals surface area contributed by atoms with Crippen LogP contribution in [0.15, 0.2) is 9.91 Å². The summed E-state index contributed by atoms with van der Waals surface area (Å²) in [6.07, 6.45) is 1.86. The van der Waals surface area contributed by atoms with Gasteiger partial charge in [0.1, 0.15) is 0 Å². The molecule has 0 aromatic rings. The average molecular weight is 314 g/mol. The molecule has 0 amide bonds. The summed E-state index contributed by atoms with van der Waals surface area (Å²) in [6.45, 7) is 0. The molecule has 38 valence electrons. The Morgan fingerprint density at radius 2 is 2.38 bits per heavy atom. The number of hydrogen-bond donors (Lipinski definition) is 1. The van der Waals surface area contributed by atoms with Crippen molar-refractivity contribution in [1.82, 2.24) is 0 Å². The van der Waals surface area contributed by atoms with E-state index in [4.69, 9.17) is 5.11 Å². The van der Waals surface area contributed by atoms with E-state index in [1.165, 1.54) is 0 Å². The molecule has 2 radical (unpaired) electrons. The number of allylic oxidation sites excluding steroid dienone is 1. The first-order valence-electron chi connectivity index (χ1n) is 2.05. The zero-order valence-electron chi connectivity index (χ0n) is 4.24. The summed E-state index contributed by atoms with van der Waals surface area (Å²) in [5.41, 5.74) is 0. The van der Waals surface area contributed by atoms with Gasteiger partial charge in [-0.2, -0.15) is 0 Å². The molecule has 0 rings (SSSR count).